The highest BCUT2D eigenvalue weighted by molar-refractivity contribution is 6.33. The fraction of sp³-hybridized carbons (Fsp3) is 0.286. The highest BCUT2D eigenvalue weighted by Gasteiger charge is 2.31. The zero-order valence-corrected chi connectivity index (χ0v) is 18.3. The summed E-state index contributed by atoms with van der Waals surface area (Å²) in [5.74, 6) is -1.87. The molecule has 0 atom stereocenters. The molecule has 0 saturated carbocycles. The average molecular weight is 491 g/mol. The molecule has 0 unspecified atom stereocenters. The summed E-state index contributed by atoms with van der Waals surface area (Å²) in [5, 5.41) is 5.25. The van der Waals surface area contributed by atoms with E-state index in [4.69, 9.17) is 27.9 Å². The van der Waals surface area contributed by atoms with Gasteiger partial charge in [0.2, 0.25) is 5.91 Å². The number of nitrogens with one attached hydrogen (secondary N) is 2. The molecule has 172 valence electrons. The molecule has 2 aromatic carbocycles. The van der Waals surface area contributed by atoms with Crippen molar-refractivity contribution in [3.8, 4) is 0 Å². The number of ether oxygens (including phenoxy) is 1. The highest BCUT2D eigenvalue weighted by atomic mass is 35.5. The Morgan fingerprint density at radius 1 is 0.938 bits per heavy atom. The summed E-state index contributed by atoms with van der Waals surface area (Å²) in [5.41, 5.74) is 0.138. The largest absolute Gasteiger partial charge is 0.456 e. The van der Waals surface area contributed by atoms with Crippen molar-refractivity contribution in [3.05, 3.63) is 57.6 Å². The predicted octanol–water partition coefficient (Wildman–Crippen LogP) is 5.61. The number of amides is 2. The summed E-state index contributed by atoms with van der Waals surface area (Å²) in [6, 6.07) is 7.52. The highest BCUT2D eigenvalue weighted by Crippen LogP contribution is 2.33. The molecular formula is C21H19Cl2F3N2O4. The van der Waals surface area contributed by atoms with Crippen LogP contribution >= 0.6 is 23.2 Å². The van der Waals surface area contributed by atoms with Gasteiger partial charge in [0.1, 0.15) is 0 Å². The maximum Gasteiger partial charge on any atom is 0.416 e. The van der Waals surface area contributed by atoms with Crippen LogP contribution in [0.2, 0.25) is 10.0 Å². The summed E-state index contributed by atoms with van der Waals surface area (Å²) in [6.45, 7) is 1.26. The van der Waals surface area contributed by atoms with Crippen molar-refractivity contribution >= 4 is 52.4 Å². The lowest BCUT2D eigenvalue weighted by molar-refractivity contribution is -0.147. The van der Waals surface area contributed by atoms with E-state index in [2.05, 4.69) is 10.6 Å². The Balaban J connectivity index is 1.74. The number of carbonyl (C=O) groups is 3. The van der Waals surface area contributed by atoms with Gasteiger partial charge in [0, 0.05) is 23.6 Å². The molecule has 32 heavy (non-hydrogen) atoms. The van der Waals surface area contributed by atoms with Crippen LogP contribution in [0.5, 0.6) is 0 Å². The third-order valence-electron chi connectivity index (χ3n) is 4.19. The van der Waals surface area contributed by atoms with Crippen LogP contribution in [0.3, 0.4) is 0 Å². The number of rotatable bonds is 8. The molecule has 0 fully saturated rings. The van der Waals surface area contributed by atoms with E-state index in [1.54, 1.807) is 25.1 Å². The van der Waals surface area contributed by atoms with Crippen LogP contribution < -0.4 is 10.6 Å². The summed E-state index contributed by atoms with van der Waals surface area (Å²) in [4.78, 5) is 35.6. The summed E-state index contributed by atoms with van der Waals surface area (Å²) in [6.07, 6.45) is -4.83. The number of carbonyl (C=O) groups excluding carboxylic acids is 3. The number of benzene rings is 2. The zero-order chi connectivity index (χ0) is 23.9. The number of esters is 1. The topological polar surface area (TPSA) is 84.5 Å². The van der Waals surface area contributed by atoms with Gasteiger partial charge in [0.25, 0.3) is 5.91 Å². The van der Waals surface area contributed by atoms with Crippen LogP contribution in [-0.2, 0) is 25.3 Å². The van der Waals surface area contributed by atoms with Crippen LogP contribution in [-0.4, -0.2) is 24.4 Å². The second-order valence-corrected chi connectivity index (χ2v) is 7.61. The van der Waals surface area contributed by atoms with Crippen LogP contribution in [0.1, 0.15) is 30.4 Å². The number of halogens is 5. The summed E-state index contributed by atoms with van der Waals surface area (Å²) < 4.78 is 43.2. The lowest BCUT2D eigenvalue weighted by Gasteiger charge is -2.11. The fourth-order valence-electron chi connectivity index (χ4n) is 2.54. The molecule has 0 spiro atoms. The Hall–Kier alpha value is -2.78. The van der Waals surface area contributed by atoms with E-state index < -0.39 is 36.1 Å². The number of alkyl halides is 3. The SMILES string of the molecule is Cc1ccc(Cl)cc1NC(=O)COC(=O)CCCC(=O)Nc1cc(C(F)(F)F)ccc1Cl. The van der Waals surface area contributed by atoms with Gasteiger partial charge in [0.05, 0.1) is 16.3 Å². The molecule has 2 aromatic rings. The van der Waals surface area contributed by atoms with E-state index in [-0.39, 0.29) is 30.0 Å². The zero-order valence-electron chi connectivity index (χ0n) is 16.8. The Morgan fingerprint density at radius 2 is 1.62 bits per heavy atom. The third-order valence-corrected chi connectivity index (χ3v) is 4.76. The molecule has 0 bridgehead atoms. The molecule has 0 saturated heterocycles. The van der Waals surface area contributed by atoms with E-state index in [0.717, 1.165) is 23.8 Å². The van der Waals surface area contributed by atoms with Gasteiger partial charge in [-0.15, -0.1) is 0 Å². The van der Waals surface area contributed by atoms with Crippen molar-refractivity contribution in [3.63, 3.8) is 0 Å². The van der Waals surface area contributed by atoms with E-state index >= 15 is 0 Å². The van der Waals surface area contributed by atoms with Gasteiger partial charge in [-0.1, -0.05) is 29.3 Å². The van der Waals surface area contributed by atoms with Gasteiger partial charge in [-0.25, -0.2) is 0 Å². The quantitative estimate of drug-likeness (QED) is 0.470. The molecule has 6 nitrogen and oxygen atoms in total. The van der Waals surface area contributed by atoms with Gasteiger partial charge >= 0.3 is 12.1 Å². The van der Waals surface area contributed by atoms with E-state index in [1.807, 2.05) is 0 Å². The Kier molecular flexibility index (Phi) is 8.91. The van der Waals surface area contributed by atoms with Crippen molar-refractivity contribution in [2.45, 2.75) is 32.4 Å². The lowest BCUT2D eigenvalue weighted by Crippen LogP contribution is -2.21. The van der Waals surface area contributed by atoms with Crippen LogP contribution in [0, 0.1) is 6.92 Å². The van der Waals surface area contributed by atoms with Crippen LogP contribution in [0.4, 0.5) is 24.5 Å². The first-order valence-corrected chi connectivity index (χ1v) is 10.1. The monoisotopic (exact) mass is 490 g/mol. The van der Waals surface area contributed by atoms with Crippen molar-refractivity contribution in [1.29, 1.82) is 0 Å². The van der Waals surface area contributed by atoms with Crippen molar-refractivity contribution in [1.82, 2.24) is 0 Å². The smallest absolute Gasteiger partial charge is 0.416 e. The van der Waals surface area contributed by atoms with Gasteiger partial charge in [-0.3, -0.25) is 14.4 Å². The van der Waals surface area contributed by atoms with Gasteiger partial charge in [0.15, 0.2) is 6.61 Å². The molecule has 0 radical (unpaired) electrons. The molecule has 2 amide bonds. The first-order valence-electron chi connectivity index (χ1n) is 9.34. The first-order chi connectivity index (χ1) is 15.0. The van der Waals surface area contributed by atoms with E-state index in [0.29, 0.717) is 10.7 Å². The predicted molar refractivity (Wildman–Crippen MR) is 115 cm³/mol. The minimum Gasteiger partial charge on any atom is -0.456 e. The lowest BCUT2D eigenvalue weighted by atomic mass is 10.2. The van der Waals surface area contributed by atoms with Gasteiger partial charge in [-0.05, 0) is 49.2 Å². The van der Waals surface area contributed by atoms with Crippen molar-refractivity contribution in [2.24, 2.45) is 0 Å². The van der Waals surface area contributed by atoms with Crippen molar-refractivity contribution in [2.75, 3.05) is 17.2 Å². The molecule has 0 aliphatic heterocycles. The average Bonchev–Trinajstić information content (AvgIpc) is 2.70. The Morgan fingerprint density at radius 3 is 2.31 bits per heavy atom. The van der Waals surface area contributed by atoms with Crippen LogP contribution in [0.25, 0.3) is 0 Å². The van der Waals surface area contributed by atoms with Crippen LogP contribution in [0.15, 0.2) is 36.4 Å². The molecular weight excluding hydrogens is 472 g/mol. The molecule has 2 rings (SSSR count). The van der Waals surface area contributed by atoms with Crippen molar-refractivity contribution < 1.29 is 32.3 Å². The number of hydrogen-bond acceptors (Lipinski definition) is 4. The van der Waals surface area contributed by atoms with E-state index in [1.165, 1.54) is 0 Å². The Bertz CT molecular complexity index is 1010. The first kappa shape index (κ1) is 25.5. The second-order valence-electron chi connectivity index (χ2n) is 6.76. The maximum absolute atomic E-state index is 12.8. The minimum absolute atomic E-state index is 0.0493. The standard InChI is InChI=1S/C21H19Cl2F3N2O4/c1-12-5-7-14(22)10-16(12)27-19(30)11-32-20(31)4-2-3-18(29)28-17-9-13(21(24,25)26)6-8-15(17)23/h5-10H,2-4,11H2,1H3,(H,27,30)(H,28,29). The second kappa shape index (κ2) is 11.2. The fourth-order valence-corrected chi connectivity index (χ4v) is 2.87. The molecule has 11 heteroatoms. The number of hydrogen-bond donors (Lipinski definition) is 2. The van der Waals surface area contributed by atoms with E-state index in [9.17, 15) is 27.6 Å². The molecule has 0 aliphatic carbocycles. The van der Waals surface area contributed by atoms with Gasteiger partial charge < -0.3 is 15.4 Å². The third kappa shape index (κ3) is 8.05. The number of aryl methyl sites for hydroxylation is 1. The Labute approximate surface area is 192 Å². The molecule has 0 aliphatic rings. The molecule has 0 heterocycles. The normalized spacial score (nSPS) is 11.1. The molecule has 2 N–H and O–H groups in total. The minimum atomic E-state index is -4.58. The summed E-state index contributed by atoms with van der Waals surface area (Å²) in [7, 11) is 0. The van der Waals surface area contributed by atoms with Gasteiger partial charge in [-0.2, -0.15) is 13.2 Å². The maximum atomic E-state index is 12.8. The summed E-state index contributed by atoms with van der Waals surface area (Å²) >= 11 is 11.7. The number of anilines is 2. The molecule has 0 aromatic heterocycles.